The summed E-state index contributed by atoms with van der Waals surface area (Å²) in [6.07, 6.45) is -2.25. The third kappa shape index (κ3) is 3.04. The first-order valence-corrected chi connectivity index (χ1v) is 9.45. The van der Waals surface area contributed by atoms with E-state index in [-0.39, 0.29) is 30.1 Å². The van der Waals surface area contributed by atoms with Crippen molar-refractivity contribution in [2.75, 3.05) is 15.7 Å². The lowest BCUT2D eigenvalue weighted by atomic mass is 9.88. The van der Waals surface area contributed by atoms with Gasteiger partial charge in [-0.25, -0.2) is 13.4 Å². The third-order valence-corrected chi connectivity index (χ3v) is 5.56. The zero-order valence-electron chi connectivity index (χ0n) is 14.5. The number of pyridine rings is 1. The van der Waals surface area contributed by atoms with Gasteiger partial charge in [0, 0.05) is 24.8 Å². The SMILES string of the molecule is O=C1c2ccncc2N=C2N(c3ccc(N([SH](=O)=O)C(F)(F)F)cc3)CCC12O. The van der Waals surface area contributed by atoms with Crippen molar-refractivity contribution >= 4 is 39.6 Å². The molecular weight excluding hydrogens is 413 g/mol. The number of rotatable bonds is 3. The summed E-state index contributed by atoms with van der Waals surface area (Å²) in [5.41, 5.74) is -1.55. The minimum atomic E-state index is -5.10. The highest BCUT2D eigenvalue weighted by atomic mass is 32.2. The number of halogens is 3. The Morgan fingerprint density at radius 2 is 1.86 bits per heavy atom. The van der Waals surface area contributed by atoms with Gasteiger partial charge in [0.1, 0.15) is 5.84 Å². The van der Waals surface area contributed by atoms with Crippen LogP contribution in [0.2, 0.25) is 0 Å². The third-order valence-electron chi connectivity index (χ3n) is 4.78. The first-order chi connectivity index (χ1) is 13.6. The Kier molecular flexibility index (Phi) is 4.35. The lowest BCUT2D eigenvalue weighted by Crippen LogP contribution is -2.48. The average molecular weight is 426 g/mol. The summed E-state index contributed by atoms with van der Waals surface area (Å²) in [7, 11) is -3.92. The van der Waals surface area contributed by atoms with E-state index in [0.29, 0.717) is 5.69 Å². The highest BCUT2D eigenvalue weighted by molar-refractivity contribution is 7.74. The van der Waals surface area contributed by atoms with E-state index >= 15 is 0 Å². The van der Waals surface area contributed by atoms with Crippen LogP contribution in [0.4, 0.5) is 30.2 Å². The molecule has 1 fully saturated rings. The number of amidine groups is 1. The number of benzene rings is 1. The van der Waals surface area contributed by atoms with Crippen LogP contribution in [0.1, 0.15) is 16.8 Å². The number of anilines is 2. The van der Waals surface area contributed by atoms with E-state index in [1.165, 1.54) is 35.5 Å². The van der Waals surface area contributed by atoms with Crippen LogP contribution in [0.15, 0.2) is 47.7 Å². The van der Waals surface area contributed by atoms with Crippen LogP contribution < -0.4 is 9.21 Å². The summed E-state index contributed by atoms with van der Waals surface area (Å²) < 4.78 is 60.2. The van der Waals surface area contributed by atoms with Crippen molar-refractivity contribution in [1.29, 1.82) is 0 Å². The summed E-state index contributed by atoms with van der Waals surface area (Å²) in [6, 6.07) is 5.98. The van der Waals surface area contributed by atoms with Gasteiger partial charge in [0.15, 0.2) is 5.60 Å². The van der Waals surface area contributed by atoms with E-state index in [4.69, 9.17) is 0 Å². The van der Waals surface area contributed by atoms with E-state index < -0.39 is 38.6 Å². The molecule has 4 rings (SSSR count). The summed E-state index contributed by atoms with van der Waals surface area (Å²) in [5.74, 6) is -0.469. The van der Waals surface area contributed by atoms with Crippen LogP contribution >= 0.6 is 0 Å². The number of carbonyl (C=O) groups is 1. The van der Waals surface area contributed by atoms with E-state index in [9.17, 15) is 31.5 Å². The molecule has 0 spiro atoms. The first kappa shape index (κ1) is 19.3. The van der Waals surface area contributed by atoms with Gasteiger partial charge < -0.3 is 10.0 Å². The van der Waals surface area contributed by atoms with Crippen molar-refractivity contribution < 1.29 is 31.5 Å². The minimum Gasteiger partial charge on any atom is -0.374 e. The number of fused-ring (bicyclic) bond motifs is 2. The number of hydrogen-bond acceptors (Lipinski definition) is 7. The molecule has 1 atom stereocenters. The topological polar surface area (TPSA) is 103 Å². The Labute approximate surface area is 164 Å². The number of hydrogen-bond donors (Lipinski definition) is 2. The fraction of sp³-hybridized carbons (Fsp3) is 0.235. The highest BCUT2D eigenvalue weighted by Crippen LogP contribution is 2.39. The molecule has 1 N–H and O–H groups in total. The molecule has 152 valence electrons. The van der Waals surface area contributed by atoms with Crippen molar-refractivity contribution in [3.8, 4) is 0 Å². The van der Waals surface area contributed by atoms with Crippen molar-refractivity contribution in [3.05, 3.63) is 48.3 Å². The fourth-order valence-corrected chi connectivity index (χ4v) is 3.95. The number of Topliss-reactive ketones (excluding diaryl/α,β-unsaturated/α-hetero) is 1. The number of ketones is 1. The summed E-state index contributed by atoms with van der Waals surface area (Å²) >= 11 is 0. The zero-order valence-corrected chi connectivity index (χ0v) is 15.4. The normalized spacial score (nSPS) is 21.1. The van der Waals surface area contributed by atoms with Crippen molar-refractivity contribution in [2.24, 2.45) is 4.99 Å². The van der Waals surface area contributed by atoms with Crippen LogP contribution in [0.5, 0.6) is 0 Å². The molecule has 2 aromatic rings. The van der Waals surface area contributed by atoms with Gasteiger partial charge in [0.05, 0.1) is 23.1 Å². The summed E-state index contributed by atoms with van der Waals surface area (Å²) in [5, 5.41) is 10.9. The first-order valence-electron chi connectivity index (χ1n) is 8.32. The molecule has 1 unspecified atom stereocenters. The number of aliphatic hydroxyl groups is 1. The summed E-state index contributed by atoms with van der Waals surface area (Å²) in [6.45, 7) is 0.195. The Balaban J connectivity index is 1.72. The second-order valence-corrected chi connectivity index (χ2v) is 7.33. The Morgan fingerprint density at radius 1 is 1.17 bits per heavy atom. The fourth-order valence-electron chi connectivity index (χ4n) is 3.45. The van der Waals surface area contributed by atoms with Gasteiger partial charge in [0.2, 0.25) is 16.7 Å². The molecule has 2 aliphatic rings. The molecule has 0 radical (unpaired) electrons. The lowest BCUT2D eigenvalue weighted by molar-refractivity contribution is -0.115. The Hall–Kier alpha value is -2.99. The molecule has 1 saturated heterocycles. The smallest absolute Gasteiger partial charge is 0.374 e. The predicted molar refractivity (Wildman–Crippen MR) is 97.9 cm³/mol. The van der Waals surface area contributed by atoms with Gasteiger partial charge in [-0.2, -0.15) is 4.31 Å². The zero-order chi connectivity index (χ0) is 21.0. The maximum Gasteiger partial charge on any atom is 0.498 e. The van der Waals surface area contributed by atoms with E-state index in [1.807, 2.05) is 0 Å². The predicted octanol–water partition coefficient (Wildman–Crippen LogP) is 1.80. The molecule has 3 heterocycles. The number of nitrogens with zero attached hydrogens (tertiary/aromatic N) is 4. The molecular formula is C17H13F3N4O4S. The van der Waals surface area contributed by atoms with Gasteiger partial charge in [0.25, 0.3) is 0 Å². The molecule has 0 amide bonds. The molecule has 1 aromatic carbocycles. The Morgan fingerprint density at radius 3 is 2.48 bits per heavy atom. The number of aliphatic imine (C=N–C) groups is 1. The molecule has 29 heavy (non-hydrogen) atoms. The Bertz CT molecular complexity index is 1090. The molecule has 0 aliphatic carbocycles. The molecule has 8 nitrogen and oxygen atoms in total. The monoisotopic (exact) mass is 426 g/mol. The summed E-state index contributed by atoms with van der Waals surface area (Å²) in [4.78, 5) is 22.5. The van der Waals surface area contributed by atoms with Gasteiger partial charge in [-0.3, -0.25) is 9.78 Å². The second kappa shape index (κ2) is 6.52. The standard InChI is InChI=1S/C17H13F3N4O4S/c18-17(19,20)24(29(27)28)11-3-1-10(2-4-11)23-8-6-16(26)14(25)12-5-7-21-9-13(12)22-15(16)23/h1-5,7,9,26,29H,6,8H2. The maximum absolute atomic E-state index is 12.9. The largest absolute Gasteiger partial charge is 0.498 e. The van der Waals surface area contributed by atoms with Gasteiger partial charge in [-0.1, -0.05) is 0 Å². The van der Waals surface area contributed by atoms with Crippen LogP contribution in [0.3, 0.4) is 0 Å². The van der Waals surface area contributed by atoms with E-state index in [2.05, 4.69) is 9.98 Å². The highest BCUT2D eigenvalue weighted by Gasteiger charge is 2.52. The van der Waals surface area contributed by atoms with Crippen LogP contribution in [-0.4, -0.2) is 48.6 Å². The van der Waals surface area contributed by atoms with Crippen LogP contribution in [0.25, 0.3) is 0 Å². The molecule has 1 aromatic heterocycles. The van der Waals surface area contributed by atoms with E-state index in [0.717, 1.165) is 12.1 Å². The van der Waals surface area contributed by atoms with Crippen LogP contribution in [-0.2, 0) is 10.9 Å². The maximum atomic E-state index is 12.9. The number of alkyl halides is 3. The quantitative estimate of drug-likeness (QED) is 0.573. The lowest BCUT2D eigenvalue weighted by Gasteiger charge is -2.29. The minimum absolute atomic E-state index is 0.0509. The molecule has 0 bridgehead atoms. The van der Waals surface area contributed by atoms with Gasteiger partial charge in [-0.05, 0) is 30.3 Å². The van der Waals surface area contributed by atoms with Crippen LogP contribution in [0, 0.1) is 0 Å². The number of thiol groups is 1. The molecule has 12 heteroatoms. The number of aromatic nitrogens is 1. The molecule has 0 saturated carbocycles. The second-order valence-electron chi connectivity index (χ2n) is 6.45. The van der Waals surface area contributed by atoms with Crippen molar-refractivity contribution in [2.45, 2.75) is 18.3 Å². The molecule has 2 aliphatic heterocycles. The number of carbonyl (C=O) groups excluding carboxylic acids is 1. The van der Waals surface area contributed by atoms with Gasteiger partial charge >= 0.3 is 6.30 Å². The van der Waals surface area contributed by atoms with Crippen molar-refractivity contribution in [1.82, 2.24) is 4.98 Å². The van der Waals surface area contributed by atoms with E-state index in [1.54, 1.807) is 0 Å². The van der Waals surface area contributed by atoms with Gasteiger partial charge in [-0.15, -0.1) is 13.2 Å². The average Bonchev–Trinajstić information content (AvgIpc) is 2.99. The van der Waals surface area contributed by atoms with Crippen molar-refractivity contribution in [3.63, 3.8) is 0 Å².